The molecule has 0 aromatic rings. The van der Waals surface area contributed by atoms with Crippen LogP contribution in [0.4, 0.5) is 0 Å². The number of nitrogens with one attached hydrogen (secondary N) is 1. The van der Waals surface area contributed by atoms with E-state index in [1.165, 1.54) is 32.4 Å². The van der Waals surface area contributed by atoms with Crippen molar-refractivity contribution < 1.29 is 9.90 Å². The number of carboxylic acids is 1. The SMILES string of the molecule is CC(C)NC(C)(CC(C)N1CC2CCCC2C1)C(=O)O. The molecule has 4 unspecified atom stereocenters. The Bertz CT molecular complexity index is 346. The average molecular weight is 282 g/mol. The Kier molecular flexibility index (Phi) is 4.75. The monoisotopic (exact) mass is 282 g/mol. The summed E-state index contributed by atoms with van der Waals surface area (Å²) >= 11 is 0. The fraction of sp³-hybridized carbons (Fsp3) is 0.938. The highest BCUT2D eigenvalue weighted by Gasteiger charge is 2.41. The molecule has 1 saturated carbocycles. The number of carboxylic acid groups (broad SMARTS) is 1. The number of rotatable bonds is 6. The van der Waals surface area contributed by atoms with E-state index in [2.05, 4.69) is 17.1 Å². The maximum Gasteiger partial charge on any atom is 0.323 e. The molecule has 2 aliphatic rings. The minimum atomic E-state index is -0.828. The highest BCUT2D eigenvalue weighted by Crippen LogP contribution is 2.39. The van der Waals surface area contributed by atoms with Crippen LogP contribution in [0.5, 0.6) is 0 Å². The number of hydrogen-bond acceptors (Lipinski definition) is 3. The molecule has 0 amide bonds. The van der Waals surface area contributed by atoms with Crippen molar-refractivity contribution in [1.82, 2.24) is 10.2 Å². The number of aliphatic carboxylic acids is 1. The number of nitrogens with zero attached hydrogens (tertiary/aromatic N) is 1. The largest absolute Gasteiger partial charge is 0.480 e. The van der Waals surface area contributed by atoms with Crippen molar-refractivity contribution >= 4 is 5.97 Å². The van der Waals surface area contributed by atoms with Crippen LogP contribution in [0.15, 0.2) is 0 Å². The Balaban J connectivity index is 1.95. The predicted octanol–water partition coefficient (Wildman–Crippen LogP) is 2.34. The van der Waals surface area contributed by atoms with Crippen LogP contribution in [-0.2, 0) is 4.79 Å². The molecule has 1 saturated heterocycles. The summed E-state index contributed by atoms with van der Waals surface area (Å²) in [6.07, 6.45) is 4.79. The Morgan fingerprint density at radius 2 is 1.85 bits per heavy atom. The van der Waals surface area contributed by atoms with E-state index < -0.39 is 11.5 Å². The number of hydrogen-bond donors (Lipinski definition) is 2. The highest BCUT2D eigenvalue weighted by atomic mass is 16.4. The van der Waals surface area contributed by atoms with E-state index >= 15 is 0 Å². The summed E-state index contributed by atoms with van der Waals surface area (Å²) in [6, 6.07) is 0.509. The van der Waals surface area contributed by atoms with Crippen LogP contribution < -0.4 is 5.32 Å². The molecule has 4 atom stereocenters. The van der Waals surface area contributed by atoms with Gasteiger partial charge in [-0.15, -0.1) is 0 Å². The molecule has 1 aliphatic carbocycles. The van der Waals surface area contributed by atoms with Crippen LogP contribution >= 0.6 is 0 Å². The second-order valence-corrected chi connectivity index (χ2v) is 7.39. The summed E-state index contributed by atoms with van der Waals surface area (Å²) < 4.78 is 0. The zero-order valence-electron chi connectivity index (χ0n) is 13.4. The van der Waals surface area contributed by atoms with E-state index in [1.807, 2.05) is 20.8 Å². The second kappa shape index (κ2) is 6.02. The highest BCUT2D eigenvalue weighted by molar-refractivity contribution is 5.78. The number of fused-ring (bicyclic) bond motifs is 1. The van der Waals surface area contributed by atoms with Gasteiger partial charge >= 0.3 is 5.97 Å². The summed E-state index contributed by atoms with van der Waals surface area (Å²) in [5.41, 5.74) is -0.828. The van der Waals surface area contributed by atoms with Crippen molar-refractivity contribution in [2.45, 2.75) is 71.0 Å². The fourth-order valence-corrected chi connectivity index (χ4v) is 4.20. The van der Waals surface area contributed by atoms with Crippen molar-refractivity contribution in [2.24, 2.45) is 11.8 Å². The van der Waals surface area contributed by atoms with Crippen molar-refractivity contribution in [1.29, 1.82) is 0 Å². The Labute approximate surface area is 122 Å². The van der Waals surface area contributed by atoms with Gasteiger partial charge in [-0.05, 0) is 58.8 Å². The van der Waals surface area contributed by atoms with Gasteiger partial charge in [-0.2, -0.15) is 0 Å². The number of likely N-dealkylation sites (tertiary alicyclic amines) is 1. The molecule has 0 bridgehead atoms. The molecular weight excluding hydrogens is 252 g/mol. The quantitative estimate of drug-likeness (QED) is 0.785. The molecule has 116 valence electrons. The zero-order chi connectivity index (χ0) is 14.9. The molecule has 1 heterocycles. The maximum absolute atomic E-state index is 11.6. The molecule has 20 heavy (non-hydrogen) atoms. The van der Waals surface area contributed by atoms with Gasteiger partial charge in [0, 0.05) is 25.2 Å². The van der Waals surface area contributed by atoms with Gasteiger partial charge < -0.3 is 10.0 Å². The van der Waals surface area contributed by atoms with Gasteiger partial charge in [-0.25, -0.2) is 0 Å². The van der Waals surface area contributed by atoms with E-state index in [-0.39, 0.29) is 6.04 Å². The van der Waals surface area contributed by atoms with Gasteiger partial charge in [0.1, 0.15) is 5.54 Å². The molecular formula is C16H30N2O2. The van der Waals surface area contributed by atoms with E-state index in [9.17, 15) is 9.90 Å². The van der Waals surface area contributed by atoms with Gasteiger partial charge in [-0.3, -0.25) is 10.1 Å². The van der Waals surface area contributed by atoms with E-state index in [0.29, 0.717) is 12.5 Å². The van der Waals surface area contributed by atoms with Crippen molar-refractivity contribution in [3.8, 4) is 0 Å². The molecule has 0 radical (unpaired) electrons. The molecule has 0 spiro atoms. The third-order valence-corrected chi connectivity index (χ3v) is 5.16. The minimum Gasteiger partial charge on any atom is -0.480 e. The first-order valence-corrected chi connectivity index (χ1v) is 8.07. The molecule has 1 aliphatic heterocycles. The average Bonchev–Trinajstić information content (AvgIpc) is 2.86. The third kappa shape index (κ3) is 3.34. The van der Waals surface area contributed by atoms with Gasteiger partial charge in [0.25, 0.3) is 0 Å². The lowest BCUT2D eigenvalue weighted by Gasteiger charge is -2.35. The first-order valence-electron chi connectivity index (χ1n) is 8.07. The Morgan fingerprint density at radius 3 is 2.30 bits per heavy atom. The normalized spacial score (nSPS) is 31.2. The topological polar surface area (TPSA) is 52.6 Å². The first kappa shape index (κ1) is 15.8. The summed E-state index contributed by atoms with van der Waals surface area (Å²) in [4.78, 5) is 14.1. The molecule has 4 heteroatoms. The van der Waals surface area contributed by atoms with Crippen LogP contribution in [0, 0.1) is 11.8 Å². The predicted molar refractivity (Wildman–Crippen MR) is 80.8 cm³/mol. The van der Waals surface area contributed by atoms with Crippen LogP contribution in [0.1, 0.15) is 53.4 Å². The summed E-state index contributed by atoms with van der Waals surface area (Å²) in [5, 5.41) is 12.8. The minimum absolute atomic E-state index is 0.182. The molecule has 4 nitrogen and oxygen atoms in total. The molecule has 2 N–H and O–H groups in total. The lowest BCUT2D eigenvalue weighted by atomic mass is 9.92. The lowest BCUT2D eigenvalue weighted by Crippen LogP contribution is -2.55. The molecule has 2 fully saturated rings. The lowest BCUT2D eigenvalue weighted by molar-refractivity contribution is -0.145. The Morgan fingerprint density at radius 1 is 1.30 bits per heavy atom. The van der Waals surface area contributed by atoms with Gasteiger partial charge in [0.05, 0.1) is 0 Å². The smallest absolute Gasteiger partial charge is 0.323 e. The van der Waals surface area contributed by atoms with Gasteiger partial charge in [-0.1, -0.05) is 6.42 Å². The third-order valence-electron chi connectivity index (χ3n) is 5.16. The van der Waals surface area contributed by atoms with E-state index in [4.69, 9.17) is 0 Å². The van der Waals surface area contributed by atoms with Crippen LogP contribution in [0.3, 0.4) is 0 Å². The van der Waals surface area contributed by atoms with Crippen LogP contribution in [-0.4, -0.2) is 46.7 Å². The van der Waals surface area contributed by atoms with Gasteiger partial charge in [0.2, 0.25) is 0 Å². The van der Waals surface area contributed by atoms with Gasteiger partial charge in [0.15, 0.2) is 0 Å². The Hall–Kier alpha value is -0.610. The van der Waals surface area contributed by atoms with Crippen LogP contribution in [0.2, 0.25) is 0 Å². The fourth-order valence-electron chi connectivity index (χ4n) is 4.20. The van der Waals surface area contributed by atoms with Crippen molar-refractivity contribution in [3.63, 3.8) is 0 Å². The maximum atomic E-state index is 11.6. The van der Waals surface area contributed by atoms with Crippen molar-refractivity contribution in [3.05, 3.63) is 0 Å². The zero-order valence-corrected chi connectivity index (χ0v) is 13.4. The standard InChI is InChI=1S/C16H30N2O2/c1-11(2)17-16(4,15(19)20)8-12(3)18-9-13-6-5-7-14(13)10-18/h11-14,17H,5-10H2,1-4H3,(H,19,20). The first-order chi connectivity index (χ1) is 9.32. The molecule has 2 rings (SSSR count). The van der Waals surface area contributed by atoms with E-state index in [0.717, 1.165) is 11.8 Å². The summed E-state index contributed by atoms with van der Waals surface area (Å²) in [6.45, 7) is 10.4. The van der Waals surface area contributed by atoms with E-state index in [1.54, 1.807) is 0 Å². The van der Waals surface area contributed by atoms with Crippen LogP contribution in [0.25, 0.3) is 0 Å². The summed E-state index contributed by atoms with van der Waals surface area (Å²) in [7, 11) is 0. The second-order valence-electron chi connectivity index (χ2n) is 7.39. The van der Waals surface area contributed by atoms with Crippen molar-refractivity contribution in [2.75, 3.05) is 13.1 Å². The number of carbonyl (C=O) groups is 1. The molecule has 0 aromatic carbocycles. The molecule has 0 aromatic heterocycles. The summed E-state index contributed by atoms with van der Waals surface area (Å²) in [5.74, 6) is 0.996.